The van der Waals surface area contributed by atoms with Crippen molar-refractivity contribution in [2.45, 2.75) is 12.8 Å². The summed E-state index contributed by atoms with van der Waals surface area (Å²) in [6.45, 7) is 2.19. The molecule has 1 aromatic rings. The lowest BCUT2D eigenvalue weighted by Crippen LogP contribution is -2.33. The minimum atomic E-state index is 0.978. The number of rotatable bonds is 0. The maximum absolute atomic E-state index is 5.51. The van der Waals surface area contributed by atoms with Crippen molar-refractivity contribution in [3.05, 3.63) is 41.0 Å². The summed E-state index contributed by atoms with van der Waals surface area (Å²) < 4.78 is 5.51. The molecule has 16 heavy (non-hydrogen) atoms. The molecule has 82 valence electrons. The van der Waals surface area contributed by atoms with Gasteiger partial charge >= 0.3 is 0 Å². The van der Waals surface area contributed by atoms with Crippen LogP contribution in [-0.4, -0.2) is 13.1 Å². The van der Waals surface area contributed by atoms with Crippen molar-refractivity contribution in [3.63, 3.8) is 0 Å². The van der Waals surface area contributed by atoms with Crippen molar-refractivity contribution < 1.29 is 4.74 Å². The minimum absolute atomic E-state index is 0.978. The van der Waals surface area contributed by atoms with E-state index in [2.05, 4.69) is 23.5 Å². The molecule has 0 unspecified atom stereocenters. The van der Waals surface area contributed by atoms with Gasteiger partial charge in [0.05, 0.1) is 6.26 Å². The lowest BCUT2D eigenvalue weighted by Gasteiger charge is -2.16. The Kier molecular flexibility index (Phi) is 2.50. The zero-order chi connectivity index (χ0) is 10.8. The molecule has 1 aromatic carbocycles. The van der Waals surface area contributed by atoms with Gasteiger partial charge in [-0.15, -0.1) is 0 Å². The van der Waals surface area contributed by atoms with Gasteiger partial charge in [-0.2, -0.15) is 0 Å². The monoisotopic (exact) mass is 213 g/mol. The topological polar surface area (TPSA) is 21.3 Å². The SMILES string of the molecule is C1=COc2cccc(=C3CCNCC3)c2=C1. The van der Waals surface area contributed by atoms with E-state index in [4.69, 9.17) is 4.74 Å². The number of allylic oxidation sites excluding steroid dienone is 1. The highest BCUT2D eigenvalue weighted by Gasteiger charge is 2.07. The molecule has 1 fully saturated rings. The number of ether oxygens (including phenoxy) is 1. The van der Waals surface area contributed by atoms with Gasteiger partial charge in [-0.3, -0.25) is 0 Å². The zero-order valence-electron chi connectivity index (χ0n) is 9.20. The lowest BCUT2D eigenvalue weighted by molar-refractivity contribution is 0.474. The summed E-state index contributed by atoms with van der Waals surface area (Å²) in [6.07, 6.45) is 8.14. The van der Waals surface area contributed by atoms with Gasteiger partial charge in [0.15, 0.2) is 0 Å². The summed E-state index contributed by atoms with van der Waals surface area (Å²) in [6, 6.07) is 6.31. The Hall–Kier alpha value is -1.54. The van der Waals surface area contributed by atoms with E-state index < -0.39 is 0 Å². The fraction of sp³-hybridized carbons (Fsp3) is 0.286. The fourth-order valence-electron chi connectivity index (χ4n) is 2.37. The molecule has 0 bridgehead atoms. The minimum Gasteiger partial charge on any atom is -0.464 e. The van der Waals surface area contributed by atoms with Crippen LogP contribution >= 0.6 is 0 Å². The number of hydrogen-bond donors (Lipinski definition) is 1. The van der Waals surface area contributed by atoms with Crippen LogP contribution in [0.25, 0.3) is 11.6 Å². The molecule has 0 spiro atoms. The number of fused-ring (bicyclic) bond motifs is 1. The van der Waals surface area contributed by atoms with Crippen molar-refractivity contribution >= 4 is 11.6 Å². The van der Waals surface area contributed by atoms with Gasteiger partial charge < -0.3 is 10.1 Å². The second kappa shape index (κ2) is 4.14. The second-order valence-corrected chi connectivity index (χ2v) is 4.18. The lowest BCUT2D eigenvalue weighted by atomic mass is 10.0. The standard InChI is InChI=1S/C14H15NO/c1-3-12(11-6-8-15-9-7-11)13-4-2-10-16-14(13)5-1/h1-5,10,15H,6-9H2. The molecule has 0 aliphatic carbocycles. The van der Waals surface area contributed by atoms with Crippen molar-refractivity contribution in [2.75, 3.05) is 13.1 Å². The Labute approximate surface area is 94.9 Å². The maximum atomic E-state index is 5.51. The molecule has 2 heteroatoms. The highest BCUT2D eigenvalue weighted by molar-refractivity contribution is 5.53. The fourth-order valence-corrected chi connectivity index (χ4v) is 2.37. The normalized spacial score (nSPS) is 18.6. The van der Waals surface area contributed by atoms with E-state index in [0.717, 1.165) is 31.7 Å². The number of piperidine rings is 1. The molecule has 0 atom stereocenters. The predicted molar refractivity (Wildman–Crippen MR) is 65.4 cm³/mol. The highest BCUT2D eigenvalue weighted by Crippen LogP contribution is 2.10. The molecule has 1 N–H and O–H groups in total. The molecular weight excluding hydrogens is 198 g/mol. The number of benzene rings is 1. The molecule has 3 rings (SSSR count). The van der Waals surface area contributed by atoms with E-state index >= 15 is 0 Å². The van der Waals surface area contributed by atoms with Crippen molar-refractivity contribution in [1.82, 2.24) is 5.32 Å². The van der Waals surface area contributed by atoms with E-state index in [0.29, 0.717) is 0 Å². The first-order chi connectivity index (χ1) is 7.95. The Balaban J connectivity index is 2.25. The van der Waals surface area contributed by atoms with Crippen LogP contribution in [0.2, 0.25) is 0 Å². The van der Waals surface area contributed by atoms with Gasteiger partial charge in [0.25, 0.3) is 0 Å². The van der Waals surface area contributed by atoms with Gasteiger partial charge in [-0.1, -0.05) is 17.7 Å². The summed E-state index contributed by atoms with van der Waals surface area (Å²) in [4.78, 5) is 0. The van der Waals surface area contributed by atoms with E-state index in [1.54, 1.807) is 11.8 Å². The number of nitrogens with one attached hydrogen (secondary N) is 1. The Morgan fingerprint density at radius 1 is 1.12 bits per heavy atom. The number of hydrogen-bond acceptors (Lipinski definition) is 2. The van der Waals surface area contributed by atoms with Crippen LogP contribution in [0.4, 0.5) is 0 Å². The Morgan fingerprint density at radius 3 is 2.88 bits per heavy atom. The van der Waals surface area contributed by atoms with Gasteiger partial charge in [-0.25, -0.2) is 0 Å². The largest absolute Gasteiger partial charge is 0.464 e. The van der Waals surface area contributed by atoms with Crippen LogP contribution in [0.1, 0.15) is 12.8 Å². The van der Waals surface area contributed by atoms with Crippen LogP contribution in [0.3, 0.4) is 0 Å². The molecule has 0 amide bonds. The van der Waals surface area contributed by atoms with Crippen molar-refractivity contribution in [3.8, 4) is 5.75 Å². The third-order valence-electron chi connectivity index (χ3n) is 3.19. The maximum Gasteiger partial charge on any atom is 0.134 e. The summed E-state index contributed by atoms with van der Waals surface area (Å²) in [7, 11) is 0. The first-order valence-electron chi connectivity index (χ1n) is 5.80. The summed E-state index contributed by atoms with van der Waals surface area (Å²) in [5.74, 6) is 0.978. The van der Waals surface area contributed by atoms with Gasteiger partial charge in [0.2, 0.25) is 0 Å². The van der Waals surface area contributed by atoms with Crippen LogP contribution in [0.15, 0.2) is 30.5 Å². The first-order valence-corrected chi connectivity index (χ1v) is 5.80. The smallest absolute Gasteiger partial charge is 0.134 e. The van der Waals surface area contributed by atoms with Crippen LogP contribution in [-0.2, 0) is 0 Å². The summed E-state index contributed by atoms with van der Waals surface area (Å²) in [5, 5.41) is 5.99. The average Bonchev–Trinajstić information content (AvgIpc) is 2.39. The molecule has 2 nitrogen and oxygen atoms in total. The second-order valence-electron chi connectivity index (χ2n) is 4.18. The molecule has 0 aromatic heterocycles. The zero-order valence-corrected chi connectivity index (χ0v) is 9.20. The molecule has 2 aliphatic rings. The van der Waals surface area contributed by atoms with E-state index in [1.807, 2.05) is 12.1 Å². The van der Waals surface area contributed by atoms with E-state index in [-0.39, 0.29) is 0 Å². The Morgan fingerprint density at radius 2 is 2.00 bits per heavy atom. The molecule has 2 heterocycles. The van der Waals surface area contributed by atoms with Crippen LogP contribution < -0.4 is 20.5 Å². The average molecular weight is 213 g/mol. The third kappa shape index (κ3) is 1.65. The van der Waals surface area contributed by atoms with Crippen LogP contribution in [0.5, 0.6) is 5.75 Å². The summed E-state index contributed by atoms with van der Waals surface area (Å²) >= 11 is 0. The van der Waals surface area contributed by atoms with Gasteiger partial charge in [0, 0.05) is 5.22 Å². The summed E-state index contributed by atoms with van der Waals surface area (Å²) in [5.41, 5.74) is 1.55. The molecule has 1 saturated heterocycles. The third-order valence-corrected chi connectivity index (χ3v) is 3.19. The molecular formula is C14H15NO. The molecule has 0 radical (unpaired) electrons. The van der Waals surface area contributed by atoms with E-state index in [1.165, 1.54) is 10.4 Å². The Bertz CT molecular complexity index is 534. The van der Waals surface area contributed by atoms with E-state index in [9.17, 15) is 0 Å². The quantitative estimate of drug-likeness (QED) is 0.691. The van der Waals surface area contributed by atoms with Gasteiger partial charge in [0.1, 0.15) is 5.75 Å². The first kappa shape index (κ1) is 9.67. The molecule has 2 aliphatic heterocycles. The van der Waals surface area contributed by atoms with Gasteiger partial charge in [-0.05, 0) is 49.4 Å². The van der Waals surface area contributed by atoms with Crippen molar-refractivity contribution in [2.24, 2.45) is 0 Å². The van der Waals surface area contributed by atoms with Crippen LogP contribution in [0, 0.1) is 0 Å². The predicted octanol–water partition coefficient (Wildman–Crippen LogP) is 0.907. The molecule has 0 saturated carbocycles. The van der Waals surface area contributed by atoms with Crippen molar-refractivity contribution in [1.29, 1.82) is 0 Å². The highest BCUT2D eigenvalue weighted by atomic mass is 16.5.